The maximum absolute atomic E-state index is 14.0. The lowest BCUT2D eigenvalue weighted by atomic mass is 10.0. The number of anilines is 1. The number of nitrogens with zero attached hydrogens (tertiary/aromatic N) is 2. The van der Waals surface area contributed by atoms with Crippen LogP contribution in [0, 0.1) is 29.1 Å². The van der Waals surface area contributed by atoms with E-state index in [9.17, 15) is 31.5 Å². The summed E-state index contributed by atoms with van der Waals surface area (Å²) in [7, 11) is 0. The lowest BCUT2D eigenvalue weighted by molar-refractivity contribution is 0.0218. The molecule has 1 saturated heterocycles. The van der Waals surface area contributed by atoms with Crippen LogP contribution >= 0.6 is 0 Å². The second-order valence-corrected chi connectivity index (χ2v) is 9.53. The van der Waals surface area contributed by atoms with Crippen molar-refractivity contribution in [3.8, 4) is 5.75 Å². The number of allylic oxidation sites excluding steroid dienone is 1. The van der Waals surface area contributed by atoms with E-state index in [1.54, 1.807) is 50.8 Å². The smallest absolute Gasteiger partial charge is 0.410 e. The molecular weight excluding hydrogens is 499 g/mol. The highest BCUT2D eigenvalue weighted by atomic mass is 19.2. The summed E-state index contributed by atoms with van der Waals surface area (Å²) in [6.45, 7) is 10.2. The van der Waals surface area contributed by atoms with E-state index in [0.717, 1.165) is 0 Å². The number of carbonyl (C=O) groups is 2. The van der Waals surface area contributed by atoms with E-state index in [-0.39, 0.29) is 11.6 Å². The molecule has 200 valence electrons. The average Bonchev–Trinajstić information content (AvgIpc) is 2.83. The minimum Gasteiger partial charge on any atom is -0.444 e. The van der Waals surface area contributed by atoms with Gasteiger partial charge in [-0.3, -0.25) is 0 Å². The molecule has 0 N–H and O–H groups in total. The number of hydrogen-bond acceptors (Lipinski definition) is 5. The van der Waals surface area contributed by atoms with E-state index < -0.39 is 52.5 Å². The quantitative estimate of drug-likeness (QED) is 0.159. The van der Waals surface area contributed by atoms with Gasteiger partial charge in [-0.1, -0.05) is 12.2 Å². The molecule has 1 amide bonds. The number of benzene rings is 2. The summed E-state index contributed by atoms with van der Waals surface area (Å²) >= 11 is 0. The Morgan fingerprint density at radius 2 is 1.57 bits per heavy atom. The molecule has 0 aliphatic carbocycles. The molecule has 11 heteroatoms. The minimum absolute atomic E-state index is 0.128. The molecule has 2 aromatic rings. The van der Waals surface area contributed by atoms with Crippen LogP contribution in [-0.2, 0) is 4.74 Å². The second kappa shape index (κ2) is 10.8. The van der Waals surface area contributed by atoms with Gasteiger partial charge in [0.25, 0.3) is 0 Å². The van der Waals surface area contributed by atoms with Crippen molar-refractivity contribution in [2.24, 2.45) is 0 Å². The summed E-state index contributed by atoms with van der Waals surface area (Å²) < 4.78 is 78.1. The van der Waals surface area contributed by atoms with Crippen molar-refractivity contribution in [1.82, 2.24) is 4.90 Å². The summed E-state index contributed by atoms with van der Waals surface area (Å²) in [6, 6.07) is 4.17. The van der Waals surface area contributed by atoms with Gasteiger partial charge in [-0.15, -0.1) is 0 Å². The van der Waals surface area contributed by atoms with Crippen molar-refractivity contribution >= 4 is 23.8 Å². The van der Waals surface area contributed by atoms with Gasteiger partial charge in [-0.2, -0.15) is 8.78 Å². The summed E-state index contributed by atoms with van der Waals surface area (Å²) in [4.78, 5) is 28.7. The SMILES string of the molecule is CC=Cc1cc(C(=O)Oc2c(F)c(F)c(F)c(F)c2F)ccc1N1CCN(C(=O)OC(C)(C)C)C[C@H]1C. The zero-order valence-electron chi connectivity index (χ0n) is 21.0. The van der Waals surface area contributed by atoms with E-state index in [1.165, 1.54) is 12.1 Å². The van der Waals surface area contributed by atoms with Crippen LogP contribution in [-0.4, -0.2) is 48.2 Å². The molecule has 0 bridgehead atoms. The first-order valence-electron chi connectivity index (χ1n) is 11.5. The highest BCUT2D eigenvalue weighted by Crippen LogP contribution is 2.31. The largest absolute Gasteiger partial charge is 0.444 e. The zero-order chi connectivity index (χ0) is 27.7. The Hall–Kier alpha value is -3.63. The van der Waals surface area contributed by atoms with Crippen LogP contribution in [0.15, 0.2) is 24.3 Å². The molecule has 1 heterocycles. The van der Waals surface area contributed by atoms with Crippen LogP contribution < -0.4 is 9.64 Å². The Morgan fingerprint density at radius 1 is 0.973 bits per heavy atom. The molecule has 2 aromatic carbocycles. The number of ether oxygens (including phenoxy) is 2. The number of carbonyl (C=O) groups excluding carboxylic acids is 2. The summed E-state index contributed by atoms with van der Waals surface area (Å²) in [5.41, 5.74) is 0.466. The Labute approximate surface area is 211 Å². The van der Waals surface area contributed by atoms with Gasteiger partial charge in [0.2, 0.25) is 34.8 Å². The predicted octanol–water partition coefficient (Wildman–Crippen LogP) is 6.08. The van der Waals surface area contributed by atoms with Gasteiger partial charge in [0.1, 0.15) is 5.60 Å². The topological polar surface area (TPSA) is 59.1 Å². The summed E-state index contributed by atoms with van der Waals surface area (Å²) in [6.07, 6.45) is 2.98. The van der Waals surface area contributed by atoms with E-state index >= 15 is 0 Å². The molecule has 1 aliphatic heterocycles. The number of halogens is 5. The highest BCUT2D eigenvalue weighted by molar-refractivity contribution is 5.93. The Balaban J connectivity index is 1.84. The fourth-order valence-electron chi connectivity index (χ4n) is 3.89. The van der Waals surface area contributed by atoms with E-state index in [2.05, 4.69) is 4.74 Å². The number of rotatable bonds is 4. The Bertz CT molecular complexity index is 1210. The molecule has 0 radical (unpaired) electrons. The van der Waals surface area contributed by atoms with Gasteiger partial charge in [0.15, 0.2) is 0 Å². The van der Waals surface area contributed by atoms with Crippen LogP contribution in [0.3, 0.4) is 0 Å². The lowest BCUT2D eigenvalue weighted by Crippen LogP contribution is -2.54. The first kappa shape index (κ1) is 27.9. The Kier molecular flexibility index (Phi) is 8.14. The van der Waals surface area contributed by atoms with Crippen molar-refractivity contribution in [3.05, 3.63) is 64.5 Å². The van der Waals surface area contributed by atoms with Crippen molar-refractivity contribution < 1.29 is 41.0 Å². The van der Waals surface area contributed by atoms with Crippen molar-refractivity contribution in [1.29, 1.82) is 0 Å². The fourth-order valence-corrected chi connectivity index (χ4v) is 3.89. The second-order valence-electron chi connectivity index (χ2n) is 9.53. The lowest BCUT2D eigenvalue weighted by Gasteiger charge is -2.42. The average molecular weight is 527 g/mol. The molecule has 1 fully saturated rings. The first-order chi connectivity index (χ1) is 17.2. The first-order valence-corrected chi connectivity index (χ1v) is 11.5. The van der Waals surface area contributed by atoms with Crippen LogP contribution in [0.25, 0.3) is 6.08 Å². The van der Waals surface area contributed by atoms with Gasteiger partial charge in [0, 0.05) is 31.4 Å². The van der Waals surface area contributed by atoms with Crippen molar-refractivity contribution in [2.75, 3.05) is 24.5 Å². The number of esters is 1. The predicted molar refractivity (Wildman–Crippen MR) is 127 cm³/mol. The molecule has 37 heavy (non-hydrogen) atoms. The maximum Gasteiger partial charge on any atom is 0.410 e. The summed E-state index contributed by atoms with van der Waals surface area (Å²) in [5.74, 6) is -14.3. The maximum atomic E-state index is 14.0. The molecule has 6 nitrogen and oxygen atoms in total. The highest BCUT2D eigenvalue weighted by Gasteiger charge is 2.32. The number of hydrogen-bond donors (Lipinski definition) is 0. The van der Waals surface area contributed by atoms with Crippen LogP contribution in [0.2, 0.25) is 0 Å². The van der Waals surface area contributed by atoms with Crippen molar-refractivity contribution in [2.45, 2.75) is 46.3 Å². The van der Waals surface area contributed by atoms with Gasteiger partial charge < -0.3 is 19.3 Å². The third-order valence-electron chi connectivity index (χ3n) is 5.56. The van der Waals surface area contributed by atoms with Gasteiger partial charge in [-0.25, -0.2) is 22.8 Å². The Morgan fingerprint density at radius 3 is 2.11 bits per heavy atom. The van der Waals surface area contributed by atoms with Crippen LogP contribution in [0.4, 0.5) is 32.4 Å². The van der Waals surface area contributed by atoms with Gasteiger partial charge in [0.05, 0.1) is 5.56 Å². The molecular formula is C26H27F5N2O4. The van der Waals surface area contributed by atoms with Crippen LogP contribution in [0.5, 0.6) is 5.75 Å². The molecule has 0 spiro atoms. The van der Waals surface area contributed by atoms with Crippen molar-refractivity contribution in [3.63, 3.8) is 0 Å². The zero-order valence-corrected chi connectivity index (χ0v) is 21.0. The molecule has 0 aromatic heterocycles. The molecule has 3 rings (SSSR count). The summed E-state index contributed by atoms with van der Waals surface area (Å²) in [5, 5.41) is 0. The monoisotopic (exact) mass is 526 g/mol. The standard InChI is InChI=1S/C26H27F5N2O4/c1-6-7-15-12-16(24(34)36-23-21(30)19(28)18(27)20(29)22(23)31)8-9-17(15)33-11-10-32(13-14(33)2)25(35)37-26(3,4)5/h6-9,12,14H,10-11,13H2,1-5H3/t14-/m1/s1. The van der Waals surface area contributed by atoms with E-state index in [1.807, 2.05) is 11.8 Å². The molecule has 0 unspecified atom stereocenters. The van der Waals surface area contributed by atoms with E-state index in [4.69, 9.17) is 4.74 Å². The number of piperazine rings is 1. The third-order valence-corrected chi connectivity index (χ3v) is 5.56. The van der Waals surface area contributed by atoms with Gasteiger partial charge in [-0.05, 0) is 58.4 Å². The number of amides is 1. The molecule has 0 saturated carbocycles. The third kappa shape index (κ3) is 6.03. The fraction of sp³-hybridized carbons (Fsp3) is 0.385. The normalized spacial score (nSPS) is 16.3. The minimum atomic E-state index is -2.35. The molecule has 1 aliphatic rings. The van der Waals surface area contributed by atoms with Crippen LogP contribution in [0.1, 0.15) is 50.5 Å². The van der Waals surface area contributed by atoms with E-state index in [0.29, 0.717) is 30.9 Å². The van der Waals surface area contributed by atoms with Gasteiger partial charge >= 0.3 is 12.1 Å². The molecule has 1 atom stereocenters.